The average Bonchev–Trinajstić information content (AvgIpc) is 3.17. The SMILES string of the molecule is CCOC(=O)N1CCN(C2CCCN(c3ncnc4c3CCC4)C2)CC1. The van der Waals surface area contributed by atoms with Crippen LogP contribution >= 0.6 is 0 Å². The maximum Gasteiger partial charge on any atom is 0.409 e. The number of carbonyl (C=O) groups excluding carboxylic acids is 1. The highest BCUT2D eigenvalue weighted by Gasteiger charge is 2.31. The van der Waals surface area contributed by atoms with Crippen LogP contribution in [-0.4, -0.2) is 77.8 Å². The van der Waals surface area contributed by atoms with Crippen molar-refractivity contribution < 1.29 is 9.53 Å². The summed E-state index contributed by atoms with van der Waals surface area (Å²) < 4.78 is 5.13. The van der Waals surface area contributed by atoms with Gasteiger partial charge in [-0.25, -0.2) is 14.8 Å². The Balaban J connectivity index is 1.38. The summed E-state index contributed by atoms with van der Waals surface area (Å²) in [5.74, 6) is 1.17. The Bertz CT molecular complexity index is 645. The first-order valence-corrected chi connectivity index (χ1v) is 9.99. The Kier molecular flexibility index (Phi) is 5.24. The van der Waals surface area contributed by atoms with Gasteiger partial charge in [-0.1, -0.05) is 0 Å². The lowest BCUT2D eigenvalue weighted by Crippen LogP contribution is -2.56. The molecule has 2 fully saturated rings. The summed E-state index contributed by atoms with van der Waals surface area (Å²) in [6.07, 6.45) is 7.40. The predicted octanol–water partition coefficient (Wildman–Crippen LogP) is 1.71. The molecule has 1 aromatic heterocycles. The molecule has 142 valence electrons. The lowest BCUT2D eigenvalue weighted by atomic mass is 10.0. The van der Waals surface area contributed by atoms with Gasteiger partial charge < -0.3 is 14.5 Å². The van der Waals surface area contributed by atoms with E-state index < -0.39 is 0 Å². The van der Waals surface area contributed by atoms with Crippen molar-refractivity contribution >= 4 is 11.9 Å². The highest BCUT2D eigenvalue weighted by Crippen LogP contribution is 2.30. The number of piperazine rings is 1. The number of rotatable bonds is 3. The number of aromatic nitrogens is 2. The van der Waals surface area contributed by atoms with Crippen molar-refractivity contribution in [2.24, 2.45) is 0 Å². The number of nitrogens with zero attached hydrogens (tertiary/aromatic N) is 5. The molecule has 2 aliphatic heterocycles. The van der Waals surface area contributed by atoms with Gasteiger partial charge >= 0.3 is 6.09 Å². The van der Waals surface area contributed by atoms with Crippen molar-refractivity contribution in [3.63, 3.8) is 0 Å². The van der Waals surface area contributed by atoms with Gasteiger partial charge in [0, 0.05) is 56.6 Å². The normalized spacial score (nSPS) is 23.8. The van der Waals surface area contributed by atoms with Crippen LogP contribution in [0.2, 0.25) is 0 Å². The van der Waals surface area contributed by atoms with E-state index in [4.69, 9.17) is 4.74 Å². The molecule has 0 aromatic carbocycles. The summed E-state index contributed by atoms with van der Waals surface area (Å²) in [6, 6.07) is 0.542. The number of fused-ring (bicyclic) bond motifs is 1. The number of anilines is 1. The fraction of sp³-hybridized carbons (Fsp3) is 0.737. The predicted molar refractivity (Wildman–Crippen MR) is 99.5 cm³/mol. The zero-order valence-electron chi connectivity index (χ0n) is 15.7. The van der Waals surface area contributed by atoms with Crippen LogP contribution in [-0.2, 0) is 17.6 Å². The molecule has 7 heteroatoms. The fourth-order valence-corrected chi connectivity index (χ4v) is 4.54. The maximum absolute atomic E-state index is 11.9. The number of hydrogen-bond acceptors (Lipinski definition) is 6. The van der Waals surface area contributed by atoms with Gasteiger partial charge in [-0.3, -0.25) is 4.90 Å². The van der Waals surface area contributed by atoms with Crippen LogP contribution in [0.1, 0.15) is 37.4 Å². The van der Waals surface area contributed by atoms with Gasteiger partial charge in [-0.15, -0.1) is 0 Å². The summed E-state index contributed by atoms with van der Waals surface area (Å²) in [4.78, 5) is 27.8. The largest absolute Gasteiger partial charge is 0.450 e. The smallest absolute Gasteiger partial charge is 0.409 e. The van der Waals surface area contributed by atoms with Crippen LogP contribution in [0.5, 0.6) is 0 Å². The van der Waals surface area contributed by atoms with E-state index in [0.29, 0.717) is 12.6 Å². The molecule has 1 unspecified atom stereocenters. The lowest BCUT2D eigenvalue weighted by Gasteiger charge is -2.43. The summed E-state index contributed by atoms with van der Waals surface area (Å²) >= 11 is 0. The van der Waals surface area contributed by atoms with E-state index in [1.807, 2.05) is 11.8 Å². The first kappa shape index (κ1) is 17.5. The maximum atomic E-state index is 11.9. The van der Waals surface area contributed by atoms with Gasteiger partial charge in [0.05, 0.1) is 6.61 Å². The molecule has 2 saturated heterocycles. The first-order valence-electron chi connectivity index (χ1n) is 9.99. The van der Waals surface area contributed by atoms with Crippen molar-refractivity contribution in [1.82, 2.24) is 19.8 Å². The van der Waals surface area contributed by atoms with Gasteiger partial charge in [-0.2, -0.15) is 0 Å². The van der Waals surface area contributed by atoms with Crippen molar-refractivity contribution in [3.05, 3.63) is 17.6 Å². The number of piperidine rings is 1. The molecule has 3 heterocycles. The number of hydrogen-bond donors (Lipinski definition) is 0. The van der Waals surface area contributed by atoms with Crippen LogP contribution in [0.4, 0.5) is 10.6 Å². The minimum atomic E-state index is -0.172. The minimum Gasteiger partial charge on any atom is -0.450 e. The molecule has 0 radical (unpaired) electrons. The third kappa shape index (κ3) is 3.49. The monoisotopic (exact) mass is 359 g/mol. The first-order chi connectivity index (χ1) is 12.8. The second kappa shape index (κ2) is 7.78. The standard InChI is InChI=1S/C19H29N5O2/c1-2-26-19(25)23-11-9-22(10-12-23)15-5-4-8-24(13-15)18-16-6-3-7-17(16)20-14-21-18/h14-15H,2-13H2,1H3. The molecule has 1 aromatic rings. The molecule has 7 nitrogen and oxygen atoms in total. The van der Waals surface area contributed by atoms with Gasteiger partial charge in [0.2, 0.25) is 0 Å². The summed E-state index contributed by atoms with van der Waals surface area (Å²) in [5, 5.41) is 0. The van der Waals surface area contributed by atoms with E-state index >= 15 is 0 Å². The molecule has 1 aliphatic carbocycles. The lowest BCUT2D eigenvalue weighted by molar-refractivity contribution is 0.0629. The van der Waals surface area contributed by atoms with E-state index in [2.05, 4.69) is 19.8 Å². The molecule has 0 spiro atoms. The van der Waals surface area contributed by atoms with Crippen molar-refractivity contribution in [2.75, 3.05) is 50.8 Å². The summed E-state index contributed by atoms with van der Waals surface area (Å²) in [7, 11) is 0. The van der Waals surface area contributed by atoms with Crippen LogP contribution in [0.15, 0.2) is 6.33 Å². The topological polar surface area (TPSA) is 61.8 Å². The molecule has 0 bridgehead atoms. The molecule has 1 amide bonds. The molecule has 1 atom stereocenters. The quantitative estimate of drug-likeness (QED) is 0.819. The third-order valence-corrected chi connectivity index (χ3v) is 5.90. The van der Waals surface area contributed by atoms with E-state index in [-0.39, 0.29) is 6.09 Å². The van der Waals surface area contributed by atoms with Crippen molar-refractivity contribution in [2.45, 2.75) is 45.1 Å². The second-order valence-corrected chi connectivity index (χ2v) is 7.44. The Morgan fingerprint density at radius 3 is 2.81 bits per heavy atom. The zero-order chi connectivity index (χ0) is 17.9. The fourth-order valence-electron chi connectivity index (χ4n) is 4.54. The van der Waals surface area contributed by atoms with Crippen molar-refractivity contribution in [1.29, 1.82) is 0 Å². The van der Waals surface area contributed by atoms with E-state index in [0.717, 1.165) is 52.1 Å². The second-order valence-electron chi connectivity index (χ2n) is 7.44. The minimum absolute atomic E-state index is 0.172. The third-order valence-electron chi connectivity index (χ3n) is 5.90. The van der Waals surface area contributed by atoms with Crippen LogP contribution in [0.3, 0.4) is 0 Å². The Morgan fingerprint density at radius 1 is 1.15 bits per heavy atom. The number of ether oxygens (including phenoxy) is 1. The van der Waals surface area contributed by atoms with E-state index in [9.17, 15) is 4.79 Å². The van der Waals surface area contributed by atoms with Crippen LogP contribution in [0.25, 0.3) is 0 Å². The van der Waals surface area contributed by atoms with E-state index in [1.54, 1.807) is 6.33 Å². The average molecular weight is 359 g/mol. The van der Waals surface area contributed by atoms with Crippen LogP contribution in [0, 0.1) is 0 Å². The number of aryl methyl sites for hydroxylation is 1. The zero-order valence-corrected chi connectivity index (χ0v) is 15.7. The highest BCUT2D eigenvalue weighted by atomic mass is 16.6. The van der Waals surface area contributed by atoms with Gasteiger partial charge in [0.15, 0.2) is 0 Å². The highest BCUT2D eigenvalue weighted by molar-refractivity contribution is 5.67. The number of carbonyl (C=O) groups is 1. The molecule has 0 saturated carbocycles. The summed E-state index contributed by atoms with van der Waals surface area (Å²) in [5.41, 5.74) is 2.63. The molecule has 26 heavy (non-hydrogen) atoms. The Morgan fingerprint density at radius 2 is 2.00 bits per heavy atom. The molecule has 4 rings (SSSR count). The molecular formula is C19H29N5O2. The van der Waals surface area contributed by atoms with Gasteiger partial charge in [-0.05, 0) is 39.0 Å². The molecular weight excluding hydrogens is 330 g/mol. The van der Waals surface area contributed by atoms with Gasteiger partial charge in [0.1, 0.15) is 12.1 Å². The van der Waals surface area contributed by atoms with Crippen LogP contribution < -0.4 is 4.90 Å². The Labute approximate surface area is 155 Å². The molecule has 3 aliphatic rings. The van der Waals surface area contributed by atoms with Crippen molar-refractivity contribution in [3.8, 4) is 0 Å². The molecule has 0 N–H and O–H groups in total. The number of amides is 1. The van der Waals surface area contributed by atoms with E-state index in [1.165, 1.54) is 36.3 Å². The van der Waals surface area contributed by atoms with Gasteiger partial charge in [0.25, 0.3) is 0 Å². The summed E-state index contributed by atoms with van der Waals surface area (Å²) in [6.45, 7) is 7.80. The Hall–Kier alpha value is -1.89.